The first-order valence-corrected chi connectivity index (χ1v) is 8.59. The zero-order chi connectivity index (χ0) is 16.9. The lowest BCUT2D eigenvalue weighted by Gasteiger charge is -2.07. The van der Waals surface area contributed by atoms with Gasteiger partial charge < -0.3 is 13.6 Å². The highest BCUT2D eigenvalue weighted by Gasteiger charge is 2.11. The van der Waals surface area contributed by atoms with Crippen molar-refractivity contribution in [2.45, 2.75) is 44.8 Å². The van der Waals surface area contributed by atoms with Crippen molar-refractivity contribution < 1.29 is 13.6 Å². The Morgan fingerprint density at radius 2 is 1.79 bits per heavy atom. The van der Waals surface area contributed by atoms with Gasteiger partial charge in [-0.3, -0.25) is 0 Å². The lowest BCUT2D eigenvalue weighted by molar-refractivity contribution is 0.250. The van der Waals surface area contributed by atoms with Crippen molar-refractivity contribution in [3.63, 3.8) is 0 Å². The van der Waals surface area contributed by atoms with Gasteiger partial charge in [0.15, 0.2) is 6.61 Å². The van der Waals surface area contributed by atoms with Crippen LogP contribution in [0.1, 0.15) is 35.7 Å². The van der Waals surface area contributed by atoms with Gasteiger partial charge in [-0.15, -0.1) is 20.4 Å². The predicted molar refractivity (Wildman–Crippen MR) is 87.8 cm³/mol. The molecule has 2 heterocycles. The molecule has 0 N–H and O–H groups in total. The van der Waals surface area contributed by atoms with Crippen LogP contribution in [-0.4, -0.2) is 20.4 Å². The van der Waals surface area contributed by atoms with Crippen LogP contribution in [0.2, 0.25) is 0 Å². The highest BCUT2D eigenvalue weighted by atomic mass is 32.2. The number of hydrogen-bond acceptors (Lipinski definition) is 8. The van der Waals surface area contributed by atoms with Crippen molar-refractivity contribution in [3.05, 3.63) is 47.0 Å². The van der Waals surface area contributed by atoms with Crippen molar-refractivity contribution in [2.75, 3.05) is 0 Å². The van der Waals surface area contributed by atoms with Crippen molar-refractivity contribution in [1.29, 1.82) is 0 Å². The van der Waals surface area contributed by atoms with Crippen LogP contribution in [0.25, 0.3) is 0 Å². The second-order valence-electron chi connectivity index (χ2n) is 5.25. The average molecular weight is 346 g/mol. The SMILES string of the molecule is CCc1nnc(CSc2nnc(COc3cc(C)ccc3C)o2)o1. The minimum absolute atomic E-state index is 0.235. The number of hydrogen-bond donors (Lipinski definition) is 0. The van der Waals surface area contributed by atoms with Crippen molar-refractivity contribution >= 4 is 11.8 Å². The van der Waals surface area contributed by atoms with Crippen LogP contribution in [0, 0.1) is 13.8 Å². The smallest absolute Gasteiger partial charge is 0.277 e. The second-order valence-corrected chi connectivity index (χ2v) is 6.18. The van der Waals surface area contributed by atoms with E-state index in [2.05, 4.69) is 20.4 Å². The van der Waals surface area contributed by atoms with E-state index in [0.29, 0.717) is 28.6 Å². The third kappa shape index (κ3) is 4.14. The Bertz CT molecular complexity index is 815. The first-order chi connectivity index (χ1) is 11.6. The third-order valence-electron chi connectivity index (χ3n) is 3.27. The Morgan fingerprint density at radius 1 is 1.00 bits per heavy atom. The summed E-state index contributed by atoms with van der Waals surface area (Å²) >= 11 is 1.35. The van der Waals surface area contributed by atoms with Crippen LogP contribution in [0.5, 0.6) is 5.75 Å². The molecule has 3 rings (SSSR count). The lowest BCUT2D eigenvalue weighted by atomic mass is 10.1. The van der Waals surface area contributed by atoms with E-state index in [-0.39, 0.29) is 6.61 Å². The van der Waals surface area contributed by atoms with Crippen molar-refractivity contribution in [3.8, 4) is 5.75 Å². The summed E-state index contributed by atoms with van der Waals surface area (Å²) in [6, 6.07) is 6.06. The molecule has 0 atom stereocenters. The molecule has 0 aliphatic heterocycles. The van der Waals surface area contributed by atoms with Crippen LogP contribution >= 0.6 is 11.8 Å². The van der Waals surface area contributed by atoms with E-state index in [1.54, 1.807) is 0 Å². The molecule has 0 fully saturated rings. The summed E-state index contributed by atoms with van der Waals surface area (Å²) in [7, 11) is 0. The number of nitrogens with zero attached hydrogens (tertiary/aromatic N) is 4. The molecule has 0 unspecified atom stereocenters. The summed E-state index contributed by atoms with van der Waals surface area (Å²) in [5.74, 6) is 2.91. The Hall–Kier alpha value is -2.35. The van der Waals surface area contributed by atoms with E-state index in [1.807, 2.05) is 39.0 Å². The number of aryl methyl sites for hydroxylation is 3. The van der Waals surface area contributed by atoms with Gasteiger partial charge in [0.25, 0.3) is 11.1 Å². The van der Waals surface area contributed by atoms with E-state index >= 15 is 0 Å². The van der Waals surface area contributed by atoms with Crippen molar-refractivity contribution in [2.24, 2.45) is 0 Å². The summed E-state index contributed by atoms with van der Waals surface area (Å²) in [5.41, 5.74) is 2.21. The molecule has 126 valence electrons. The van der Waals surface area contributed by atoms with E-state index in [9.17, 15) is 0 Å². The normalized spacial score (nSPS) is 11.0. The van der Waals surface area contributed by atoms with E-state index in [4.69, 9.17) is 13.6 Å². The minimum Gasteiger partial charge on any atom is -0.484 e. The maximum Gasteiger partial charge on any atom is 0.277 e. The summed E-state index contributed by atoms with van der Waals surface area (Å²) in [6.45, 7) is 6.22. The average Bonchev–Trinajstić information content (AvgIpc) is 3.22. The van der Waals surface area contributed by atoms with Gasteiger partial charge in [0.2, 0.25) is 11.8 Å². The number of rotatable bonds is 7. The molecular formula is C16H18N4O3S. The Labute approximate surface area is 143 Å². The van der Waals surface area contributed by atoms with Crippen molar-refractivity contribution in [1.82, 2.24) is 20.4 Å². The molecule has 0 aliphatic rings. The van der Waals surface area contributed by atoms with Gasteiger partial charge in [0.05, 0.1) is 5.75 Å². The Kier molecular flexibility index (Phi) is 5.14. The molecule has 0 bridgehead atoms. The lowest BCUT2D eigenvalue weighted by Crippen LogP contribution is -1.97. The molecule has 8 heteroatoms. The first kappa shape index (κ1) is 16.5. The molecular weight excluding hydrogens is 328 g/mol. The minimum atomic E-state index is 0.235. The summed E-state index contributed by atoms with van der Waals surface area (Å²) in [4.78, 5) is 0. The van der Waals surface area contributed by atoms with Gasteiger partial charge in [-0.05, 0) is 31.0 Å². The number of ether oxygens (including phenoxy) is 1. The molecule has 24 heavy (non-hydrogen) atoms. The van der Waals surface area contributed by atoms with E-state index in [0.717, 1.165) is 23.3 Å². The summed E-state index contributed by atoms with van der Waals surface area (Å²) in [6.07, 6.45) is 0.720. The summed E-state index contributed by atoms with van der Waals surface area (Å²) in [5, 5.41) is 16.3. The molecule has 0 saturated heterocycles. The monoisotopic (exact) mass is 346 g/mol. The highest BCUT2D eigenvalue weighted by Crippen LogP contribution is 2.23. The molecule has 0 amide bonds. The fraction of sp³-hybridized carbons (Fsp3) is 0.375. The fourth-order valence-electron chi connectivity index (χ4n) is 1.97. The molecule has 0 saturated carbocycles. The van der Waals surface area contributed by atoms with Gasteiger partial charge in [-0.1, -0.05) is 30.8 Å². The number of aromatic nitrogens is 4. The zero-order valence-corrected chi connectivity index (χ0v) is 14.6. The summed E-state index contributed by atoms with van der Waals surface area (Å²) < 4.78 is 16.7. The predicted octanol–water partition coefficient (Wildman–Crippen LogP) is 3.50. The molecule has 0 radical (unpaired) electrons. The Balaban J connectivity index is 1.54. The zero-order valence-electron chi connectivity index (χ0n) is 13.8. The Morgan fingerprint density at radius 3 is 2.58 bits per heavy atom. The standard InChI is InChI=1S/C16H18N4O3S/c1-4-13-17-19-15(22-13)9-24-16-20-18-14(23-16)8-21-12-7-10(2)5-6-11(12)3/h5-7H,4,8-9H2,1-3H3. The largest absolute Gasteiger partial charge is 0.484 e. The van der Waals surface area contributed by atoms with Gasteiger partial charge >= 0.3 is 0 Å². The van der Waals surface area contributed by atoms with Gasteiger partial charge in [0, 0.05) is 6.42 Å². The van der Waals surface area contributed by atoms with Crippen LogP contribution in [0.3, 0.4) is 0 Å². The van der Waals surface area contributed by atoms with Gasteiger partial charge in [-0.25, -0.2) is 0 Å². The topological polar surface area (TPSA) is 87.1 Å². The van der Waals surface area contributed by atoms with Crippen LogP contribution in [0.15, 0.2) is 32.3 Å². The maximum absolute atomic E-state index is 5.75. The second kappa shape index (κ2) is 7.48. The third-order valence-corrected chi connectivity index (χ3v) is 4.08. The van der Waals surface area contributed by atoms with Crippen LogP contribution < -0.4 is 4.74 Å². The van der Waals surface area contributed by atoms with Gasteiger partial charge in [0.1, 0.15) is 5.75 Å². The molecule has 1 aromatic carbocycles. The maximum atomic E-state index is 5.75. The molecule has 7 nitrogen and oxygen atoms in total. The number of thioether (sulfide) groups is 1. The van der Waals surface area contributed by atoms with E-state index in [1.165, 1.54) is 11.8 Å². The highest BCUT2D eigenvalue weighted by molar-refractivity contribution is 7.98. The molecule has 0 spiro atoms. The first-order valence-electron chi connectivity index (χ1n) is 7.60. The molecule has 3 aromatic rings. The van der Waals surface area contributed by atoms with Crippen LogP contribution in [-0.2, 0) is 18.8 Å². The molecule has 2 aromatic heterocycles. The number of benzene rings is 1. The van der Waals surface area contributed by atoms with Gasteiger partial charge in [-0.2, -0.15) is 0 Å². The van der Waals surface area contributed by atoms with Crippen LogP contribution in [0.4, 0.5) is 0 Å². The fourth-order valence-corrected chi connectivity index (χ4v) is 2.59. The molecule has 0 aliphatic carbocycles. The van der Waals surface area contributed by atoms with E-state index < -0.39 is 0 Å². The quantitative estimate of drug-likeness (QED) is 0.601.